The summed E-state index contributed by atoms with van der Waals surface area (Å²) in [6.45, 7) is 5.89. The Kier molecular flexibility index (Phi) is 4.19. The van der Waals surface area contributed by atoms with Crippen molar-refractivity contribution in [2.45, 2.75) is 70.3 Å². The molecule has 0 radical (unpaired) electrons. The van der Waals surface area contributed by atoms with Gasteiger partial charge in [-0.05, 0) is 62.8 Å². The quantitative estimate of drug-likeness (QED) is 0.843. The van der Waals surface area contributed by atoms with Gasteiger partial charge in [-0.25, -0.2) is 0 Å². The average molecular weight is 264 g/mol. The topological polar surface area (TPSA) is 29.3 Å². The standard InChI is InChI=1S/C17H32N2/c1-2-14-5-4-10-19(12-14)17(13-18)9-3-6-16(11-17)15-7-8-15/h14-16H,2-13,18H2,1H3. The molecule has 0 aromatic rings. The zero-order chi connectivity index (χ0) is 13.3. The second-order valence-electron chi connectivity index (χ2n) is 7.48. The summed E-state index contributed by atoms with van der Waals surface area (Å²) in [5.74, 6) is 3.00. The number of hydrogen-bond acceptors (Lipinski definition) is 2. The van der Waals surface area contributed by atoms with Crippen molar-refractivity contribution in [3.8, 4) is 0 Å². The molecule has 3 fully saturated rings. The van der Waals surface area contributed by atoms with Gasteiger partial charge < -0.3 is 5.73 Å². The zero-order valence-corrected chi connectivity index (χ0v) is 12.7. The molecule has 1 heterocycles. The first-order chi connectivity index (χ1) is 9.27. The van der Waals surface area contributed by atoms with Crippen molar-refractivity contribution in [3.05, 3.63) is 0 Å². The van der Waals surface area contributed by atoms with Crippen LogP contribution in [0.2, 0.25) is 0 Å². The van der Waals surface area contributed by atoms with Gasteiger partial charge in [0.15, 0.2) is 0 Å². The summed E-state index contributed by atoms with van der Waals surface area (Å²) in [4.78, 5) is 2.82. The van der Waals surface area contributed by atoms with Crippen LogP contribution in [-0.4, -0.2) is 30.1 Å². The van der Waals surface area contributed by atoms with Gasteiger partial charge in [0.1, 0.15) is 0 Å². The van der Waals surface area contributed by atoms with Crippen molar-refractivity contribution >= 4 is 0 Å². The summed E-state index contributed by atoms with van der Waals surface area (Å²) >= 11 is 0. The number of likely N-dealkylation sites (tertiary alicyclic amines) is 1. The molecule has 1 aliphatic heterocycles. The molecule has 2 N–H and O–H groups in total. The minimum atomic E-state index is 0.374. The third kappa shape index (κ3) is 2.85. The summed E-state index contributed by atoms with van der Waals surface area (Å²) in [7, 11) is 0. The summed E-state index contributed by atoms with van der Waals surface area (Å²) in [6.07, 6.45) is 12.9. The summed E-state index contributed by atoms with van der Waals surface area (Å²) < 4.78 is 0. The molecule has 0 aromatic heterocycles. The molecule has 3 atom stereocenters. The van der Waals surface area contributed by atoms with Crippen LogP contribution < -0.4 is 5.73 Å². The van der Waals surface area contributed by atoms with E-state index in [9.17, 15) is 0 Å². The molecular weight excluding hydrogens is 232 g/mol. The molecule has 2 saturated carbocycles. The lowest BCUT2D eigenvalue weighted by Crippen LogP contribution is -2.59. The molecule has 3 unspecified atom stereocenters. The highest BCUT2D eigenvalue weighted by Crippen LogP contribution is 2.48. The second-order valence-corrected chi connectivity index (χ2v) is 7.48. The normalized spacial score (nSPS) is 41.4. The van der Waals surface area contributed by atoms with Crippen LogP contribution in [-0.2, 0) is 0 Å². The van der Waals surface area contributed by atoms with Crippen LogP contribution in [0.25, 0.3) is 0 Å². The number of hydrogen-bond donors (Lipinski definition) is 1. The van der Waals surface area contributed by atoms with Gasteiger partial charge in [-0.2, -0.15) is 0 Å². The monoisotopic (exact) mass is 264 g/mol. The van der Waals surface area contributed by atoms with E-state index in [1.807, 2.05) is 0 Å². The Balaban J connectivity index is 1.69. The van der Waals surface area contributed by atoms with Gasteiger partial charge in [-0.3, -0.25) is 4.90 Å². The molecule has 2 heteroatoms. The van der Waals surface area contributed by atoms with E-state index >= 15 is 0 Å². The zero-order valence-electron chi connectivity index (χ0n) is 12.7. The third-order valence-corrected chi connectivity index (χ3v) is 6.29. The van der Waals surface area contributed by atoms with Gasteiger partial charge in [0.2, 0.25) is 0 Å². The van der Waals surface area contributed by atoms with E-state index in [1.54, 1.807) is 0 Å². The van der Waals surface area contributed by atoms with E-state index in [2.05, 4.69) is 11.8 Å². The minimum absolute atomic E-state index is 0.374. The fraction of sp³-hybridized carbons (Fsp3) is 1.00. The van der Waals surface area contributed by atoms with E-state index in [1.165, 1.54) is 70.9 Å². The maximum atomic E-state index is 6.30. The van der Waals surface area contributed by atoms with Crippen LogP contribution in [0.3, 0.4) is 0 Å². The van der Waals surface area contributed by atoms with Crippen LogP contribution in [0.1, 0.15) is 64.7 Å². The van der Waals surface area contributed by atoms with Gasteiger partial charge in [0, 0.05) is 18.6 Å². The Morgan fingerprint density at radius 3 is 2.63 bits per heavy atom. The summed E-state index contributed by atoms with van der Waals surface area (Å²) in [5, 5.41) is 0. The SMILES string of the molecule is CCC1CCCN(C2(CN)CCCC(C3CC3)C2)C1. The van der Waals surface area contributed by atoms with Gasteiger partial charge in [0.25, 0.3) is 0 Å². The van der Waals surface area contributed by atoms with Gasteiger partial charge >= 0.3 is 0 Å². The van der Waals surface area contributed by atoms with E-state index in [-0.39, 0.29) is 0 Å². The average Bonchev–Trinajstić information content (AvgIpc) is 3.32. The molecule has 19 heavy (non-hydrogen) atoms. The van der Waals surface area contributed by atoms with Gasteiger partial charge in [-0.15, -0.1) is 0 Å². The molecule has 0 amide bonds. The molecule has 2 aliphatic carbocycles. The molecule has 110 valence electrons. The molecular formula is C17H32N2. The van der Waals surface area contributed by atoms with E-state index in [4.69, 9.17) is 5.73 Å². The van der Waals surface area contributed by atoms with Crippen molar-refractivity contribution in [2.24, 2.45) is 23.5 Å². The Hall–Kier alpha value is -0.0800. The first kappa shape index (κ1) is 13.9. The second kappa shape index (κ2) is 5.73. The smallest absolute Gasteiger partial charge is 0.0334 e. The highest BCUT2D eigenvalue weighted by Gasteiger charge is 2.45. The molecule has 3 rings (SSSR count). The predicted molar refractivity (Wildman–Crippen MR) is 81.1 cm³/mol. The fourth-order valence-corrected chi connectivity index (χ4v) is 4.79. The number of rotatable bonds is 4. The number of piperidine rings is 1. The molecule has 3 aliphatic rings. The van der Waals surface area contributed by atoms with Crippen molar-refractivity contribution in [3.63, 3.8) is 0 Å². The maximum Gasteiger partial charge on any atom is 0.0334 e. The molecule has 1 saturated heterocycles. The van der Waals surface area contributed by atoms with E-state index < -0.39 is 0 Å². The highest BCUT2D eigenvalue weighted by atomic mass is 15.2. The maximum absolute atomic E-state index is 6.30. The van der Waals surface area contributed by atoms with Crippen molar-refractivity contribution < 1.29 is 0 Å². The minimum Gasteiger partial charge on any atom is -0.329 e. The van der Waals surface area contributed by atoms with Crippen LogP contribution in [0.5, 0.6) is 0 Å². The number of nitrogens with two attached hydrogens (primary N) is 1. The lowest BCUT2D eigenvalue weighted by molar-refractivity contribution is 0.000358. The predicted octanol–water partition coefficient (Wildman–Crippen LogP) is 3.41. The van der Waals surface area contributed by atoms with Crippen molar-refractivity contribution in [1.82, 2.24) is 4.90 Å². The highest BCUT2D eigenvalue weighted by molar-refractivity contribution is 5.00. The van der Waals surface area contributed by atoms with E-state index in [0.29, 0.717) is 5.54 Å². The Morgan fingerprint density at radius 2 is 1.95 bits per heavy atom. The third-order valence-electron chi connectivity index (χ3n) is 6.29. The van der Waals surface area contributed by atoms with Crippen LogP contribution in [0, 0.1) is 17.8 Å². The van der Waals surface area contributed by atoms with Gasteiger partial charge in [0.05, 0.1) is 0 Å². The first-order valence-corrected chi connectivity index (χ1v) is 8.72. The van der Waals surface area contributed by atoms with Crippen molar-refractivity contribution in [1.29, 1.82) is 0 Å². The van der Waals surface area contributed by atoms with Crippen LogP contribution in [0.4, 0.5) is 0 Å². The van der Waals surface area contributed by atoms with Crippen molar-refractivity contribution in [2.75, 3.05) is 19.6 Å². The molecule has 0 aromatic carbocycles. The summed E-state index contributed by atoms with van der Waals surface area (Å²) in [5.41, 5.74) is 6.67. The Bertz CT molecular complexity index is 300. The van der Waals surface area contributed by atoms with Crippen LogP contribution in [0.15, 0.2) is 0 Å². The molecule has 0 bridgehead atoms. The van der Waals surface area contributed by atoms with Gasteiger partial charge in [-0.1, -0.05) is 26.2 Å². The Morgan fingerprint density at radius 1 is 1.11 bits per heavy atom. The lowest BCUT2D eigenvalue weighted by Gasteiger charge is -2.51. The lowest BCUT2D eigenvalue weighted by atomic mass is 9.72. The Labute approximate surface area is 119 Å². The fourth-order valence-electron chi connectivity index (χ4n) is 4.79. The number of nitrogens with zero attached hydrogens (tertiary/aromatic N) is 1. The van der Waals surface area contributed by atoms with E-state index in [0.717, 1.165) is 24.3 Å². The first-order valence-electron chi connectivity index (χ1n) is 8.72. The summed E-state index contributed by atoms with van der Waals surface area (Å²) in [6, 6.07) is 0. The van der Waals surface area contributed by atoms with Crippen LogP contribution >= 0.6 is 0 Å². The largest absolute Gasteiger partial charge is 0.329 e. The molecule has 0 spiro atoms. The molecule has 2 nitrogen and oxygen atoms in total.